The molecule has 128 valence electrons. The van der Waals surface area contributed by atoms with Crippen molar-refractivity contribution in [1.29, 1.82) is 0 Å². The summed E-state index contributed by atoms with van der Waals surface area (Å²) in [5.41, 5.74) is 2.55. The zero-order chi connectivity index (χ0) is 17.5. The normalized spacial score (nSPS) is 12.8. The Kier molecular flexibility index (Phi) is 7.07. The number of imidazole rings is 1. The molecule has 0 fully saturated rings. The molecule has 3 nitrogen and oxygen atoms in total. The van der Waals surface area contributed by atoms with Crippen LogP contribution in [0.4, 0.5) is 0 Å². The second-order valence-electron chi connectivity index (χ2n) is 5.68. The summed E-state index contributed by atoms with van der Waals surface area (Å²) >= 11 is 12.8. The number of hydrogen-bond acceptors (Lipinski definition) is 2. The second kappa shape index (κ2) is 9.05. The number of halogens is 2. The summed E-state index contributed by atoms with van der Waals surface area (Å²) in [4.78, 5) is 8.62. The molecule has 5 heteroatoms. The van der Waals surface area contributed by atoms with Gasteiger partial charge in [0.05, 0.1) is 11.2 Å². The second-order valence-corrected chi connectivity index (χ2v) is 6.42. The third-order valence-electron chi connectivity index (χ3n) is 3.76. The smallest absolute Gasteiger partial charge is 0.154 e. The Labute approximate surface area is 153 Å². The van der Waals surface area contributed by atoms with E-state index >= 15 is 0 Å². The van der Waals surface area contributed by atoms with Crippen LogP contribution < -0.4 is 0 Å². The number of fused-ring (bicyclic) bond motifs is 1. The summed E-state index contributed by atoms with van der Waals surface area (Å²) in [5, 5.41) is 1.08. The largest absolute Gasteiger partial charge is 0.295 e. The highest BCUT2D eigenvalue weighted by Gasteiger charge is 2.14. The predicted molar refractivity (Wildman–Crippen MR) is 103 cm³/mol. The maximum absolute atomic E-state index is 6.65. The van der Waals surface area contributed by atoms with Crippen molar-refractivity contribution in [2.24, 2.45) is 0 Å². The van der Waals surface area contributed by atoms with Crippen LogP contribution >= 0.6 is 23.2 Å². The molecule has 0 atom stereocenters. The zero-order valence-corrected chi connectivity index (χ0v) is 15.7. The van der Waals surface area contributed by atoms with E-state index in [0.29, 0.717) is 10.2 Å². The average Bonchev–Trinajstić information content (AvgIpc) is 3.00. The van der Waals surface area contributed by atoms with Gasteiger partial charge in [0.15, 0.2) is 5.15 Å². The Morgan fingerprint density at radius 1 is 1.29 bits per heavy atom. The first-order valence-electron chi connectivity index (χ1n) is 8.32. The number of rotatable bonds is 8. The molecule has 0 N–H and O–H groups in total. The third-order valence-corrected chi connectivity index (χ3v) is 4.52. The van der Waals surface area contributed by atoms with Gasteiger partial charge in [0.1, 0.15) is 11.3 Å². The van der Waals surface area contributed by atoms with E-state index in [9.17, 15) is 0 Å². The van der Waals surface area contributed by atoms with E-state index in [2.05, 4.69) is 36.5 Å². The average molecular weight is 364 g/mol. The lowest BCUT2D eigenvalue weighted by molar-refractivity contribution is 0.815. The van der Waals surface area contributed by atoms with E-state index in [4.69, 9.17) is 23.2 Å². The monoisotopic (exact) mass is 363 g/mol. The van der Waals surface area contributed by atoms with E-state index in [0.717, 1.165) is 54.6 Å². The van der Waals surface area contributed by atoms with E-state index < -0.39 is 0 Å². The first-order valence-corrected chi connectivity index (χ1v) is 9.08. The summed E-state index contributed by atoms with van der Waals surface area (Å²) < 4.78 is 1.91. The van der Waals surface area contributed by atoms with Crippen molar-refractivity contribution in [1.82, 2.24) is 14.4 Å². The van der Waals surface area contributed by atoms with Crippen LogP contribution in [0.3, 0.4) is 0 Å². The summed E-state index contributed by atoms with van der Waals surface area (Å²) in [6.07, 6.45) is 14.6. The number of unbranched alkanes of at least 4 members (excludes halogenated alkanes) is 2. The SMILES string of the molecule is C=C(CCC)/C(Cl)=C(\C=C/CCCC)c1ncc2c(Cl)nccn12. The lowest BCUT2D eigenvalue weighted by Gasteiger charge is -2.09. The Morgan fingerprint density at radius 2 is 2.08 bits per heavy atom. The first kappa shape index (κ1) is 18.8. The maximum atomic E-state index is 6.65. The molecule has 0 saturated heterocycles. The number of hydrogen-bond donors (Lipinski definition) is 0. The minimum Gasteiger partial charge on any atom is -0.295 e. The van der Waals surface area contributed by atoms with Crippen LogP contribution in [0.25, 0.3) is 11.1 Å². The van der Waals surface area contributed by atoms with Crippen molar-refractivity contribution in [2.45, 2.75) is 46.0 Å². The molecule has 0 unspecified atom stereocenters. The van der Waals surface area contributed by atoms with E-state index in [1.54, 1.807) is 12.4 Å². The minimum atomic E-state index is 0.425. The highest BCUT2D eigenvalue weighted by molar-refractivity contribution is 6.35. The quantitative estimate of drug-likeness (QED) is 0.399. The van der Waals surface area contributed by atoms with Gasteiger partial charge >= 0.3 is 0 Å². The molecule has 0 aromatic carbocycles. The van der Waals surface area contributed by atoms with Gasteiger partial charge < -0.3 is 0 Å². The summed E-state index contributed by atoms with van der Waals surface area (Å²) in [7, 11) is 0. The topological polar surface area (TPSA) is 30.2 Å². The van der Waals surface area contributed by atoms with Crippen molar-refractivity contribution >= 4 is 34.3 Å². The van der Waals surface area contributed by atoms with Crippen LogP contribution in [0.2, 0.25) is 5.15 Å². The molecule has 0 bridgehead atoms. The van der Waals surface area contributed by atoms with Gasteiger partial charge in [0, 0.05) is 18.0 Å². The van der Waals surface area contributed by atoms with Crippen molar-refractivity contribution in [3.05, 3.63) is 58.9 Å². The highest BCUT2D eigenvalue weighted by atomic mass is 35.5. The van der Waals surface area contributed by atoms with Crippen LogP contribution in [0, 0.1) is 0 Å². The van der Waals surface area contributed by atoms with Gasteiger partial charge in [-0.1, -0.05) is 75.0 Å². The highest BCUT2D eigenvalue weighted by Crippen LogP contribution is 2.30. The van der Waals surface area contributed by atoms with Gasteiger partial charge in [-0.05, 0) is 18.4 Å². The van der Waals surface area contributed by atoms with Crippen molar-refractivity contribution in [2.75, 3.05) is 0 Å². The van der Waals surface area contributed by atoms with Crippen molar-refractivity contribution < 1.29 is 0 Å². The van der Waals surface area contributed by atoms with E-state index in [-0.39, 0.29) is 0 Å². The molecule has 0 aliphatic heterocycles. The fourth-order valence-electron chi connectivity index (χ4n) is 2.47. The van der Waals surface area contributed by atoms with Crippen molar-refractivity contribution in [3.8, 4) is 0 Å². The predicted octanol–water partition coefficient (Wildman–Crippen LogP) is 6.44. The van der Waals surface area contributed by atoms with Gasteiger partial charge in [-0.2, -0.15) is 0 Å². The van der Waals surface area contributed by atoms with E-state index in [1.165, 1.54) is 0 Å². The molecule has 2 aromatic heterocycles. The zero-order valence-electron chi connectivity index (χ0n) is 14.2. The molecular formula is C19H23Cl2N3. The first-order chi connectivity index (χ1) is 11.6. The van der Waals surface area contributed by atoms with Gasteiger partial charge in [-0.15, -0.1) is 0 Å². The molecule has 0 amide bonds. The molecule has 2 aromatic rings. The molecule has 2 heterocycles. The van der Waals surface area contributed by atoms with E-state index in [1.807, 2.05) is 16.7 Å². The fraction of sp³-hybridized carbons (Fsp3) is 0.368. The van der Waals surface area contributed by atoms with Gasteiger partial charge in [-0.25, -0.2) is 9.97 Å². The minimum absolute atomic E-state index is 0.425. The van der Waals surface area contributed by atoms with Crippen LogP contribution in [-0.4, -0.2) is 14.4 Å². The molecular weight excluding hydrogens is 341 g/mol. The summed E-state index contributed by atoms with van der Waals surface area (Å²) in [5.74, 6) is 0.754. The lowest BCUT2D eigenvalue weighted by Crippen LogP contribution is -1.97. The van der Waals surface area contributed by atoms with Gasteiger partial charge in [0.25, 0.3) is 0 Å². The summed E-state index contributed by atoms with van der Waals surface area (Å²) in [6, 6.07) is 0. The standard InChI is InChI=1S/C19H23Cl2N3/c1-4-6-7-8-10-15(17(20)14(3)9-5-2)19-23-13-16-18(21)22-11-12-24(16)19/h8,10-13H,3-7,9H2,1-2H3/b10-8-,17-15-. The fourth-order valence-corrected chi connectivity index (χ4v) is 2.90. The van der Waals surface area contributed by atoms with Crippen LogP contribution in [0.15, 0.2) is 47.9 Å². The molecule has 0 aliphatic rings. The van der Waals surface area contributed by atoms with Crippen LogP contribution in [-0.2, 0) is 0 Å². The summed E-state index contributed by atoms with van der Waals surface area (Å²) in [6.45, 7) is 8.41. The molecule has 0 aliphatic carbocycles. The number of nitrogens with zero attached hydrogens (tertiary/aromatic N) is 3. The van der Waals surface area contributed by atoms with Gasteiger partial charge in [0.2, 0.25) is 0 Å². The number of aromatic nitrogens is 3. The molecule has 24 heavy (non-hydrogen) atoms. The maximum Gasteiger partial charge on any atom is 0.154 e. The number of allylic oxidation sites excluding steroid dienone is 5. The van der Waals surface area contributed by atoms with Crippen LogP contribution in [0.1, 0.15) is 51.8 Å². The molecule has 0 spiro atoms. The van der Waals surface area contributed by atoms with Gasteiger partial charge in [-0.3, -0.25) is 4.40 Å². The lowest BCUT2D eigenvalue weighted by atomic mass is 10.1. The molecule has 0 saturated carbocycles. The molecule has 2 rings (SSSR count). The third kappa shape index (κ3) is 4.28. The van der Waals surface area contributed by atoms with Crippen molar-refractivity contribution in [3.63, 3.8) is 0 Å². The van der Waals surface area contributed by atoms with Crippen LogP contribution in [0.5, 0.6) is 0 Å². The Bertz CT molecular complexity index is 772. The Hall–Kier alpha value is -1.58. The Morgan fingerprint density at radius 3 is 2.79 bits per heavy atom. The Balaban J connectivity index is 2.52. The molecule has 0 radical (unpaired) electrons.